The zero-order valence-corrected chi connectivity index (χ0v) is 9.12. The van der Waals surface area contributed by atoms with E-state index < -0.39 is 6.67 Å². The van der Waals surface area contributed by atoms with Crippen molar-refractivity contribution in [1.29, 1.82) is 0 Å². The maximum Gasteiger partial charge on any atom is 0.163 e. The van der Waals surface area contributed by atoms with Crippen LogP contribution < -0.4 is 4.74 Å². The molecule has 0 spiro atoms. The van der Waals surface area contributed by atoms with Crippen LogP contribution >= 0.6 is 0 Å². The minimum atomic E-state index is -0.514. The van der Waals surface area contributed by atoms with Crippen LogP contribution in [0.15, 0.2) is 36.9 Å². The number of allylic oxidation sites excluding steroid dienone is 1. The molecule has 0 aromatic heterocycles. The van der Waals surface area contributed by atoms with Crippen LogP contribution in [0.1, 0.15) is 23.2 Å². The summed E-state index contributed by atoms with van der Waals surface area (Å²) in [5, 5.41) is 0. The molecule has 3 heteroatoms. The Morgan fingerprint density at radius 3 is 2.62 bits per heavy atom. The van der Waals surface area contributed by atoms with Crippen molar-refractivity contribution in [2.75, 3.05) is 13.3 Å². The topological polar surface area (TPSA) is 26.3 Å². The lowest BCUT2D eigenvalue weighted by Crippen LogP contribution is -2.00. The van der Waals surface area contributed by atoms with Gasteiger partial charge in [-0.25, -0.2) is 4.39 Å². The van der Waals surface area contributed by atoms with Gasteiger partial charge in [0.05, 0.1) is 0 Å². The van der Waals surface area contributed by atoms with E-state index in [-0.39, 0.29) is 12.4 Å². The lowest BCUT2D eigenvalue weighted by Gasteiger charge is -2.04. The molecule has 1 aromatic rings. The van der Waals surface area contributed by atoms with E-state index in [2.05, 4.69) is 6.58 Å². The van der Waals surface area contributed by atoms with Crippen LogP contribution in [0.2, 0.25) is 0 Å². The molecule has 0 fully saturated rings. The normalized spacial score (nSPS) is 9.81. The van der Waals surface area contributed by atoms with Gasteiger partial charge >= 0.3 is 0 Å². The predicted octanol–water partition coefficient (Wildman–Crippen LogP) is 3.18. The van der Waals surface area contributed by atoms with E-state index in [1.165, 1.54) is 0 Å². The van der Waals surface area contributed by atoms with E-state index in [0.717, 1.165) is 0 Å². The van der Waals surface area contributed by atoms with Crippen LogP contribution in [0.5, 0.6) is 5.75 Å². The Hall–Kier alpha value is -1.64. The molecule has 1 rings (SSSR count). The monoisotopic (exact) mass is 221 g/mol. The second kappa shape index (κ2) is 6.77. The second-order valence-electron chi connectivity index (χ2n) is 3.31. The number of rotatable bonds is 7. The summed E-state index contributed by atoms with van der Waals surface area (Å²) >= 11 is 0. The average molecular weight is 221 g/mol. The molecule has 0 radical (unpaired) electrons. The van der Waals surface area contributed by atoms with Gasteiger partial charge in [-0.05, 0) is 30.7 Å². The van der Waals surface area contributed by atoms with Crippen molar-refractivity contribution in [2.24, 2.45) is 0 Å². The summed E-state index contributed by atoms with van der Waals surface area (Å²) in [6, 6.07) is 6.74. The maximum atomic E-state index is 11.8. The van der Waals surface area contributed by atoms with E-state index in [1.54, 1.807) is 30.3 Å². The smallest absolute Gasteiger partial charge is 0.163 e. The highest BCUT2D eigenvalue weighted by atomic mass is 18.2. The number of halogens is 1. The van der Waals surface area contributed by atoms with Crippen LogP contribution in [0.3, 0.4) is 0 Å². The minimum Gasteiger partial charge on any atom is -0.491 e. The number of ether oxygens (including phenoxy) is 1. The van der Waals surface area contributed by atoms with Crippen molar-refractivity contribution in [2.45, 2.75) is 12.8 Å². The molecule has 0 saturated carbocycles. The lowest BCUT2D eigenvalue weighted by atomic mass is 10.1. The second-order valence-corrected chi connectivity index (χ2v) is 3.31. The fourth-order valence-corrected chi connectivity index (χ4v) is 1.27. The third kappa shape index (κ3) is 3.85. The molecule has 0 N–H and O–H groups in total. The van der Waals surface area contributed by atoms with Crippen LogP contribution in [0.25, 0.3) is 0 Å². The van der Waals surface area contributed by atoms with E-state index in [9.17, 15) is 9.18 Å². The van der Waals surface area contributed by atoms with Crippen molar-refractivity contribution in [1.82, 2.24) is 0 Å². The quantitative estimate of drug-likeness (QED) is 0.522. The molecular weight excluding hydrogens is 206 g/mol. The number of Topliss-reactive ketones (excluding diaryl/α,β-unsaturated/α-hetero) is 1. The first-order valence-electron chi connectivity index (χ1n) is 5.21. The maximum absolute atomic E-state index is 11.8. The Kier molecular flexibility index (Phi) is 5.26. The number of alkyl halides is 1. The largest absolute Gasteiger partial charge is 0.491 e. The first-order valence-corrected chi connectivity index (χ1v) is 5.21. The van der Waals surface area contributed by atoms with Gasteiger partial charge in [-0.15, -0.1) is 6.58 Å². The summed E-state index contributed by atoms with van der Waals surface area (Å²) in [5.74, 6) is 0.662. The van der Waals surface area contributed by atoms with Gasteiger partial charge in [0, 0.05) is 12.0 Å². The Balaban J connectivity index is 2.56. The van der Waals surface area contributed by atoms with Crippen molar-refractivity contribution < 1.29 is 13.9 Å². The van der Waals surface area contributed by atoms with Crippen LogP contribution in [-0.2, 0) is 0 Å². The van der Waals surface area contributed by atoms with Crippen LogP contribution in [0, 0.1) is 0 Å². The van der Waals surface area contributed by atoms with Gasteiger partial charge < -0.3 is 4.74 Å². The highest BCUT2D eigenvalue weighted by molar-refractivity contribution is 5.96. The molecule has 0 amide bonds. The number of carbonyl (C=O) groups is 1. The molecule has 0 saturated heterocycles. The molecule has 0 atom stereocenters. The summed E-state index contributed by atoms with van der Waals surface area (Å²) in [7, 11) is 0. The Bertz CT molecular complexity index is 343. The summed E-state index contributed by atoms with van der Waals surface area (Å²) in [4.78, 5) is 11.6. The fourth-order valence-electron chi connectivity index (χ4n) is 1.27. The highest BCUT2D eigenvalue weighted by Gasteiger charge is 2.04. The lowest BCUT2D eigenvalue weighted by molar-refractivity contribution is 0.0983. The van der Waals surface area contributed by atoms with E-state index >= 15 is 0 Å². The van der Waals surface area contributed by atoms with Gasteiger partial charge in [0.25, 0.3) is 0 Å². The summed E-state index contributed by atoms with van der Waals surface area (Å²) in [6.45, 7) is 3.10. The van der Waals surface area contributed by atoms with E-state index in [1.807, 2.05) is 0 Å². The minimum absolute atomic E-state index is 0.0454. The molecule has 0 unspecified atom stereocenters. The van der Waals surface area contributed by atoms with Gasteiger partial charge in [0.15, 0.2) is 5.78 Å². The molecule has 86 valence electrons. The number of benzene rings is 1. The summed E-state index contributed by atoms with van der Waals surface area (Å²) < 4.78 is 16.9. The Morgan fingerprint density at radius 1 is 1.38 bits per heavy atom. The molecule has 0 heterocycles. The van der Waals surface area contributed by atoms with Crippen LogP contribution in [-0.4, -0.2) is 19.1 Å². The number of carbonyl (C=O) groups excluding carboxylic acids is 1. The molecule has 1 aromatic carbocycles. The number of hydrogen-bond acceptors (Lipinski definition) is 2. The summed E-state index contributed by atoms with van der Waals surface area (Å²) in [5.41, 5.74) is 0.648. The molecule has 0 aliphatic carbocycles. The summed E-state index contributed by atoms with van der Waals surface area (Å²) in [6.07, 6.45) is 2.86. The zero-order valence-electron chi connectivity index (χ0n) is 9.12. The Morgan fingerprint density at radius 2 is 2.06 bits per heavy atom. The fraction of sp³-hybridized carbons (Fsp3) is 0.308. The third-order valence-corrected chi connectivity index (χ3v) is 2.10. The van der Waals surface area contributed by atoms with Crippen LogP contribution in [0.4, 0.5) is 4.39 Å². The number of hydrogen-bond donors (Lipinski definition) is 0. The molecule has 2 nitrogen and oxygen atoms in total. The Labute approximate surface area is 94.7 Å². The van der Waals surface area contributed by atoms with Gasteiger partial charge in [0.1, 0.15) is 19.0 Å². The predicted molar refractivity (Wildman–Crippen MR) is 61.7 cm³/mol. The van der Waals surface area contributed by atoms with Gasteiger partial charge in [-0.2, -0.15) is 0 Å². The van der Waals surface area contributed by atoms with Gasteiger partial charge in [0.2, 0.25) is 0 Å². The SMILES string of the molecule is C=CCCC(=O)c1ccc(OCC[18F])cc1. The number of ketones is 1. The van der Waals surface area contributed by atoms with Crippen molar-refractivity contribution in [3.8, 4) is 5.75 Å². The molecule has 0 aliphatic heterocycles. The molecule has 0 bridgehead atoms. The van der Waals surface area contributed by atoms with E-state index in [0.29, 0.717) is 24.2 Å². The molecular formula is C13H15FO2. The first-order chi connectivity index (χ1) is 7.77. The van der Waals surface area contributed by atoms with Crippen molar-refractivity contribution in [3.05, 3.63) is 42.5 Å². The standard InChI is InChI=1S/C13H15FO2/c1-2-3-4-13(15)11-5-7-12(8-6-11)16-10-9-14/h2,5-8H,1,3-4,9-10H2/i14-1. The van der Waals surface area contributed by atoms with Gasteiger partial charge in [-0.1, -0.05) is 6.08 Å². The zero-order chi connectivity index (χ0) is 11.8. The van der Waals surface area contributed by atoms with Crippen molar-refractivity contribution in [3.63, 3.8) is 0 Å². The van der Waals surface area contributed by atoms with Gasteiger partial charge in [-0.3, -0.25) is 4.79 Å². The highest BCUT2D eigenvalue weighted by Crippen LogP contribution is 2.14. The third-order valence-electron chi connectivity index (χ3n) is 2.10. The van der Waals surface area contributed by atoms with Crippen molar-refractivity contribution >= 4 is 5.78 Å². The molecule has 16 heavy (non-hydrogen) atoms. The van der Waals surface area contributed by atoms with E-state index in [4.69, 9.17) is 4.74 Å². The molecule has 0 aliphatic rings. The first kappa shape index (κ1) is 12.4. The average Bonchev–Trinajstić information content (AvgIpc) is 2.34.